The highest BCUT2D eigenvalue weighted by Gasteiger charge is 2.22. The molecule has 1 amide bonds. The molecule has 0 atom stereocenters. The number of rotatable bonds is 3. The smallest absolute Gasteiger partial charge is 0.398 e. The molecule has 0 radical (unpaired) electrons. The second kappa shape index (κ2) is 7.31. The van der Waals surface area contributed by atoms with Gasteiger partial charge in [-0.1, -0.05) is 6.08 Å². The Labute approximate surface area is 148 Å². The third-order valence-corrected chi connectivity index (χ3v) is 3.69. The fourth-order valence-electron chi connectivity index (χ4n) is 2.47. The van der Waals surface area contributed by atoms with Gasteiger partial charge in [-0.2, -0.15) is 18.4 Å². The summed E-state index contributed by atoms with van der Waals surface area (Å²) in [4.78, 5) is 12.4. The predicted octanol–water partition coefficient (Wildman–Crippen LogP) is 4.59. The van der Waals surface area contributed by atoms with Crippen molar-refractivity contribution in [3.8, 4) is 6.07 Å². The maximum Gasteiger partial charge on any atom is 0.409 e. The van der Waals surface area contributed by atoms with Crippen LogP contribution in [0.25, 0.3) is 6.08 Å². The van der Waals surface area contributed by atoms with E-state index < -0.39 is 12.1 Å². The van der Waals surface area contributed by atoms with Gasteiger partial charge in [-0.3, -0.25) is 4.79 Å². The molecule has 0 fully saturated rings. The van der Waals surface area contributed by atoms with Gasteiger partial charge in [0, 0.05) is 17.3 Å². The van der Waals surface area contributed by atoms with Crippen LogP contribution >= 0.6 is 0 Å². The van der Waals surface area contributed by atoms with Crippen LogP contribution in [0.1, 0.15) is 32.6 Å². The number of nitrogens with zero attached hydrogens (tertiary/aromatic N) is 1. The van der Waals surface area contributed by atoms with Crippen LogP contribution in [-0.4, -0.2) is 12.1 Å². The van der Waals surface area contributed by atoms with Crippen LogP contribution in [0.3, 0.4) is 0 Å². The second-order valence-electron chi connectivity index (χ2n) is 5.77. The number of allylic oxidation sites excluding steroid dienone is 1. The Morgan fingerprint density at radius 2 is 1.81 bits per heavy atom. The van der Waals surface area contributed by atoms with Crippen molar-refractivity contribution in [2.24, 2.45) is 0 Å². The summed E-state index contributed by atoms with van der Waals surface area (Å²) >= 11 is 0. The van der Waals surface area contributed by atoms with Crippen LogP contribution in [-0.2, 0) is 0 Å². The van der Waals surface area contributed by atoms with Crippen LogP contribution in [0.15, 0.2) is 36.4 Å². The number of nitriles is 1. The number of nitrogens with one attached hydrogen (secondary N) is 1. The Hall–Kier alpha value is -3.27. The number of alkyl halides is 3. The third-order valence-electron chi connectivity index (χ3n) is 3.69. The van der Waals surface area contributed by atoms with Gasteiger partial charge in [-0.15, -0.1) is 0 Å². The van der Waals surface area contributed by atoms with E-state index in [0.29, 0.717) is 22.4 Å². The number of halogens is 3. The molecule has 0 aliphatic carbocycles. The van der Waals surface area contributed by atoms with E-state index in [1.165, 1.54) is 18.2 Å². The first-order chi connectivity index (χ1) is 12.1. The first kappa shape index (κ1) is 19.1. The summed E-state index contributed by atoms with van der Waals surface area (Å²) in [5.74, 6) is -0.425. The van der Waals surface area contributed by atoms with E-state index in [1.54, 1.807) is 26.0 Å². The minimum atomic E-state index is -4.38. The lowest BCUT2D eigenvalue weighted by molar-refractivity contribution is -0.0790. The average Bonchev–Trinajstić information content (AvgIpc) is 2.55. The lowest BCUT2D eigenvalue weighted by atomic mass is 10.0. The highest BCUT2D eigenvalue weighted by atomic mass is 19.4. The van der Waals surface area contributed by atoms with Crippen LogP contribution < -0.4 is 11.1 Å². The first-order valence-electron chi connectivity index (χ1n) is 7.59. The molecule has 0 spiro atoms. The molecule has 0 unspecified atom stereocenters. The topological polar surface area (TPSA) is 78.9 Å². The molecule has 0 heterocycles. The van der Waals surface area contributed by atoms with Crippen molar-refractivity contribution in [1.82, 2.24) is 0 Å². The Morgan fingerprint density at radius 3 is 2.31 bits per heavy atom. The van der Waals surface area contributed by atoms with E-state index in [-0.39, 0.29) is 22.9 Å². The molecule has 2 rings (SSSR count). The molecule has 4 nitrogen and oxygen atoms in total. The van der Waals surface area contributed by atoms with Gasteiger partial charge in [0.1, 0.15) is 6.07 Å². The van der Waals surface area contributed by atoms with Gasteiger partial charge in [0.15, 0.2) is 0 Å². The summed E-state index contributed by atoms with van der Waals surface area (Å²) in [5.41, 5.74) is 8.61. The molecule has 134 valence electrons. The standard InChI is InChI=1S/C19H16F3N3O/c1-11-7-13(5-6-19(20,21)22)8-12(2)17(11)25-18(26)14-3-4-15(10-23)16(24)9-14/h3-9H,24H2,1-2H3,(H,25,26). The SMILES string of the molecule is Cc1cc(C=CC(F)(F)F)cc(C)c1NC(=O)c1ccc(C#N)c(N)c1. The summed E-state index contributed by atoms with van der Waals surface area (Å²) in [6.07, 6.45) is -3.24. The quantitative estimate of drug-likeness (QED) is 0.787. The third kappa shape index (κ3) is 4.63. The molecule has 0 bridgehead atoms. The van der Waals surface area contributed by atoms with Crippen molar-refractivity contribution in [2.45, 2.75) is 20.0 Å². The van der Waals surface area contributed by atoms with Gasteiger partial charge in [0.25, 0.3) is 5.91 Å². The molecule has 0 aliphatic rings. The van der Waals surface area contributed by atoms with Gasteiger partial charge in [-0.05, 0) is 60.9 Å². The molecule has 2 aromatic carbocycles. The van der Waals surface area contributed by atoms with E-state index >= 15 is 0 Å². The molecular weight excluding hydrogens is 343 g/mol. The van der Waals surface area contributed by atoms with Gasteiger partial charge < -0.3 is 11.1 Å². The van der Waals surface area contributed by atoms with E-state index in [0.717, 1.165) is 6.08 Å². The Kier molecular flexibility index (Phi) is 5.36. The van der Waals surface area contributed by atoms with Crippen LogP contribution in [0.2, 0.25) is 0 Å². The number of nitrogens with two attached hydrogens (primary N) is 1. The molecule has 7 heteroatoms. The maximum absolute atomic E-state index is 12.4. The lowest BCUT2D eigenvalue weighted by Gasteiger charge is -2.13. The zero-order valence-corrected chi connectivity index (χ0v) is 14.1. The molecule has 0 aromatic heterocycles. The monoisotopic (exact) mass is 359 g/mol. The van der Waals surface area contributed by atoms with Crippen molar-refractivity contribution in [1.29, 1.82) is 5.26 Å². The average molecular weight is 359 g/mol. The number of nitrogen functional groups attached to an aromatic ring is 1. The number of carbonyl (C=O) groups is 1. The van der Waals surface area contributed by atoms with Crippen molar-refractivity contribution in [2.75, 3.05) is 11.1 Å². The highest BCUT2D eigenvalue weighted by Crippen LogP contribution is 2.25. The number of amides is 1. The van der Waals surface area contributed by atoms with E-state index in [1.807, 2.05) is 6.07 Å². The zero-order valence-electron chi connectivity index (χ0n) is 14.1. The maximum atomic E-state index is 12.4. The van der Waals surface area contributed by atoms with Crippen molar-refractivity contribution in [3.63, 3.8) is 0 Å². The summed E-state index contributed by atoms with van der Waals surface area (Å²) in [6.45, 7) is 3.39. The molecule has 0 saturated carbocycles. The Bertz CT molecular complexity index is 902. The molecule has 2 aromatic rings. The molecule has 26 heavy (non-hydrogen) atoms. The normalized spacial score (nSPS) is 11.4. The number of hydrogen-bond acceptors (Lipinski definition) is 3. The van der Waals surface area contributed by atoms with Gasteiger partial charge >= 0.3 is 6.18 Å². The van der Waals surface area contributed by atoms with E-state index in [2.05, 4.69) is 5.32 Å². The van der Waals surface area contributed by atoms with Crippen LogP contribution in [0, 0.1) is 25.2 Å². The van der Waals surface area contributed by atoms with Gasteiger partial charge in [0.05, 0.1) is 11.3 Å². The number of carbonyl (C=O) groups excluding carboxylic acids is 1. The fraction of sp³-hybridized carbons (Fsp3) is 0.158. The predicted molar refractivity (Wildman–Crippen MR) is 94.5 cm³/mol. The van der Waals surface area contributed by atoms with Crippen molar-refractivity contribution in [3.05, 3.63) is 64.2 Å². The van der Waals surface area contributed by atoms with Crippen LogP contribution in [0.4, 0.5) is 24.5 Å². The Balaban J connectivity index is 2.27. The van der Waals surface area contributed by atoms with Gasteiger partial charge in [-0.25, -0.2) is 0 Å². The van der Waals surface area contributed by atoms with E-state index in [4.69, 9.17) is 11.0 Å². The summed E-state index contributed by atoms with van der Waals surface area (Å²) < 4.78 is 36.9. The molecular formula is C19H16F3N3O. The largest absolute Gasteiger partial charge is 0.409 e. The molecule has 3 N–H and O–H groups in total. The van der Waals surface area contributed by atoms with E-state index in [9.17, 15) is 18.0 Å². The van der Waals surface area contributed by atoms with Crippen LogP contribution in [0.5, 0.6) is 0 Å². The molecule has 0 aliphatic heterocycles. The number of hydrogen-bond donors (Lipinski definition) is 2. The molecule has 0 saturated heterocycles. The van der Waals surface area contributed by atoms with Gasteiger partial charge in [0.2, 0.25) is 0 Å². The minimum absolute atomic E-state index is 0.166. The van der Waals surface area contributed by atoms with Crippen molar-refractivity contribution < 1.29 is 18.0 Å². The summed E-state index contributed by atoms with van der Waals surface area (Å²) in [6, 6.07) is 9.36. The zero-order chi connectivity index (χ0) is 19.5. The number of benzene rings is 2. The summed E-state index contributed by atoms with van der Waals surface area (Å²) in [7, 11) is 0. The number of aryl methyl sites for hydroxylation is 2. The lowest BCUT2D eigenvalue weighted by Crippen LogP contribution is -2.14. The minimum Gasteiger partial charge on any atom is -0.398 e. The highest BCUT2D eigenvalue weighted by molar-refractivity contribution is 6.05. The fourth-order valence-corrected chi connectivity index (χ4v) is 2.47. The van der Waals surface area contributed by atoms with Crippen molar-refractivity contribution >= 4 is 23.4 Å². The second-order valence-corrected chi connectivity index (χ2v) is 5.77. The number of anilines is 2. The summed E-state index contributed by atoms with van der Waals surface area (Å²) in [5, 5.41) is 11.6. The Morgan fingerprint density at radius 1 is 1.19 bits per heavy atom. The first-order valence-corrected chi connectivity index (χ1v) is 7.59.